The first-order valence-electron chi connectivity index (χ1n) is 9.62. The fraction of sp³-hybridized carbons (Fsp3) is 0.476. The van der Waals surface area contributed by atoms with Crippen LogP contribution in [0, 0.1) is 12.3 Å². The van der Waals surface area contributed by atoms with Crippen LogP contribution in [0.1, 0.15) is 71.3 Å². The zero-order chi connectivity index (χ0) is 20.3. The molecule has 2 aliphatic rings. The van der Waals surface area contributed by atoms with Gasteiger partial charge in [-0.25, -0.2) is 13.6 Å². The summed E-state index contributed by atoms with van der Waals surface area (Å²) in [6.45, 7) is 6.21. The number of aryl methyl sites for hydroxylation is 2. The number of rotatable bonds is 3. The highest BCUT2D eigenvalue weighted by molar-refractivity contribution is 7.89. The van der Waals surface area contributed by atoms with Gasteiger partial charge in [0.25, 0.3) is 5.91 Å². The van der Waals surface area contributed by atoms with Gasteiger partial charge in [0.05, 0.1) is 10.9 Å². The van der Waals surface area contributed by atoms with E-state index in [1.165, 1.54) is 6.07 Å². The van der Waals surface area contributed by atoms with Crippen LogP contribution in [0.4, 0.5) is 0 Å². The average molecular weight is 403 g/mol. The SMILES string of the molecule is Cc1cc2c(o1)CC(C)(C)CC2NC(=O)c1cc2c(c(S(N)(=O)=O)c1)CCC2. The fourth-order valence-corrected chi connectivity index (χ4v) is 5.47. The summed E-state index contributed by atoms with van der Waals surface area (Å²) in [5.74, 6) is 1.46. The van der Waals surface area contributed by atoms with Crippen LogP contribution in [-0.2, 0) is 29.3 Å². The van der Waals surface area contributed by atoms with Crippen LogP contribution in [0.25, 0.3) is 0 Å². The van der Waals surface area contributed by atoms with Crippen molar-refractivity contribution in [2.24, 2.45) is 10.6 Å². The molecule has 0 saturated heterocycles. The minimum absolute atomic E-state index is 0.00106. The zero-order valence-corrected chi connectivity index (χ0v) is 17.3. The first-order chi connectivity index (χ1) is 13.0. The van der Waals surface area contributed by atoms with E-state index in [1.807, 2.05) is 19.1 Å². The van der Waals surface area contributed by atoms with Gasteiger partial charge in [0.1, 0.15) is 11.5 Å². The van der Waals surface area contributed by atoms with Crippen LogP contribution in [-0.4, -0.2) is 14.3 Å². The molecule has 1 unspecified atom stereocenters. The molecule has 2 aromatic rings. The molecule has 0 saturated carbocycles. The number of nitrogens with one attached hydrogen (secondary N) is 1. The molecule has 28 heavy (non-hydrogen) atoms. The van der Waals surface area contributed by atoms with E-state index in [-0.39, 0.29) is 22.3 Å². The fourth-order valence-electron chi connectivity index (χ4n) is 4.61. The van der Waals surface area contributed by atoms with Gasteiger partial charge in [-0.05, 0) is 67.3 Å². The van der Waals surface area contributed by atoms with Gasteiger partial charge in [-0.3, -0.25) is 4.79 Å². The Kier molecular flexibility index (Phi) is 4.43. The quantitative estimate of drug-likeness (QED) is 0.823. The second kappa shape index (κ2) is 6.46. The largest absolute Gasteiger partial charge is 0.466 e. The van der Waals surface area contributed by atoms with Crippen molar-refractivity contribution in [3.05, 3.63) is 52.0 Å². The molecular formula is C21H26N2O4S. The van der Waals surface area contributed by atoms with Gasteiger partial charge in [0.2, 0.25) is 10.0 Å². The molecule has 6 nitrogen and oxygen atoms in total. The van der Waals surface area contributed by atoms with E-state index in [0.29, 0.717) is 12.0 Å². The second-order valence-electron chi connectivity index (χ2n) is 8.82. The van der Waals surface area contributed by atoms with Crippen molar-refractivity contribution in [3.63, 3.8) is 0 Å². The summed E-state index contributed by atoms with van der Waals surface area (Å²) in [5.41, 5.74) is 3.01. The number of carbonyl (C=O) groups is 1. The standard InChI is InChI=1S/C21H26N2O4S/c1-12-7-16-17(10-21(2,3)11-18(16)27-12)23-20(24)14-8-13-5-4-6-15(13)19(9-14)28(22,25)26/h7-9,17H,4-6,10-11H2,1-3H3,(H,23,24)(H2,22,25,26). The smallest absolute Gasteiger partial charge is 0.251 e. The number of fused-ring (bicyclic) bond motifs is 2. The third-order valence-corrected chi connectivity index (χ3v) is 6.76. The first-order valence-corrected chi connectivity index (χ1v) is 11.2. The van der Waals surface area contributed by atoms with Crippen molar-refractivity contribution in [3.8, 4) is 0 Å². The van der Waals surface area contributed by atoms with Crippen LogP contribution in [0.15, 0.2) is 27.5 Å². The number of amides is 1. The average Bonchev–Trinajstić information content (AvgIpc) is 3.17. The third-order valence-electron chi connectivity index (χ3n) is 5.78. The van der Waals surface area contributed by atoms with Crippen LogP contribution in [0.3, 0.4) is 0 Å². The van der Waals surface area contributed by atoms with E-state index in [4.69, 9.17) is 9.56 Å². The lowest BCUT2D eigenvalue weighted by Gasteiger charge is -2.34. The van der Waals surface area contributed by atoms with Gasteiger partial charge < -0.3 is 9.73 Å². The highest BCUT2D eigenvalue weighted by Crippen LogP contribution is 2.42. The number of hydrogen-bond donors (Lipinski definition) is 2. The molecule has 1 aromatic heterocycles. The summed E-state index contributed by atoms with van der Waals surface area (Å²) in [5, 5.41) is 8.51. The van der Waals surface area contributed by atoms with Crippen LogP contribution in [0.5, 0.6) is 0 Å². The highest BCUT2D eigenvalue weighted by Gasteiger charge is 2.36. The first kappa shape index (κ1) is 19.2. The minimum Gasteiger partial charge on any atom is -0.466 e. The topological polar surface area (TPSA) is 102 Å². The number of sulfonamides is 1. The molecule has 150 valence electrons. The predicted molar refractivity (Wildman–Crippen MR) is 106 cm³/mol. The molecule has 3 N–H and O–H groups in total. The summed E-state index contributed by atoms with van der Waals surface area (Å²) in [6, 6.07) is 5.04. The monoisotopic (exact) mass is 402 g/mol. The van der Waals surface area contributed by atoms with Crippen LogP contribution < -0.4 is 10.5 Å². The molecule has 0 spiro atoms. The van der Waals surface area contributed by atoms with E-state index in [9.17, 15) is 13.2 Å². The minimum atomic E-state index is -3.88. The van der Waals surface area contributed by atoms with Crippen molar-refractivity contribution in [2.75, 3.05) is 0 Å². The molecule has 4 rings (SSSR count). The second-order valence-corrected chi connectivity index (χ2v) is 10.3. The summed E-state index contributed by atoms with van der Waals surface area (Å²) in [7, 11) is -3.88. The van der Waals surface area contributed by atoms with E-state index >= 15 is 0 Å². The maximum Gasteiger partial charge on any atom is 0.251 e. The number of furan rings is 1. The molecular weight excluding hydrogens is 376 g/mol. The summed E-state index contributed by atoms with van der Waals surface area (Å²) >= 11 is 0. The third kappa shape index (κ3) is 3.49. The Bertz CT molecular complexity index is 1070. The number of hydrogen-bond acceptors (Lipinski definition) is 4. The Labute approximate surface area is 165 Å². The molecule has 0 fully saturated rings. The maximum atomic E-state index is 13.0. The Balaban J connectivity index is 1.68. The van der Waals surface area contributed by atoms with Crippen molar-refractivity contribution in [1.82, 2.24) is 5.32 Å². The Morgan fingerprint density at radius 3 is 2.71 bits per heavy atom. The van der Waals surface area contributed by atoms with Gasteiger partial charge in [0.15, 0.2) is 0 Å². The summed E-state index contributed by atoms with van der Waals surface area (Å²) in [4.78, 5) is 13.1. The predicted octanol–water partition coefficient (Wildman–Crippen LogP) is 3.17. The van der Waals surface area contributed by atoms with E-state index in [0.717, 1.165) is 53.9 Å². The lowest BCUT2D eigenvalue weighted by Crippen LogP contribution is -2.36. The molecule has 2 aliphatic carbocycles. The normalized spacial score (nSPS) is 20.5. The van der Waals surface area contributed by atoms with E-state index in [1.54, 1.807) is 0 Å². The van der Waals surface area contributed by atoms with Gasteiger partial charge in [0, 0.05) is 17.5 Å². The number of benzene rings is 1. The van der Waals surface area contributed by atoms with Crippen molar-refractivity contribution in [2.45, 2.75) is 63.8 Å². The Morgan fingerprint density at radius 2 is 2.00 bits per heavy atom. The van der Waals surface area contributed by atoms with Crippen molar-refractivity contribution < 1.29 is 17.6 Å². The molecule has 0 radical (unpaired) electrons. The molecule has 1 amide bonds. The maximum absolute atomic E-state index is 13.0. The van der Waals surface area contributed by atoms with Gasteiger partial charge in [-0.1, -0.05) is 13.8 Å². The van der Waals surface area contributed by atoms with Gasteiger partial charge in [-0.15, -0.1) is 0 Å². The molecule has 1 heterocycles. The van der Waals surface area contributed by atoms with Crippen molar-refractivity contribution >= 4 is 15.9 Å². The van der Waals surface area contributed by atoms with Gasteiger partial charge >= 0.3 is 0 Å². The van der Waals surface area contributed by atoms with Crippen LogP contribution in [0.2, 0.25) is 0 Å². The van der Waals surface area contributed by atoms with Crippen LogP contribution >= 0.6 is 0 Å². The number of primary sulfonamides is 1. The Hall–Kier alpha value is -2.12. The number of carbonyl (C=O) groups excluding carboxylic acids is 1. The zero-order valence-electron chi connectivity index (χ0n) is 16.5. The Morgan fingerprint density at radius 1 is 1.25 bits per heavy atom. The molecule has 7 heteroatoms. The summed E-state index contributed by atoms with van der Waals surface area (Å²) in [6.07, 6.45) is 3.93. The summed E-state index contributed by atoms with van der Waals surface area (Å²) < 4.78 is 29.9. The van der Waals surface area contributed by atoms with Gasteiger partial charge in [-0.2, -0.15) is 0 Å². The molecule has 0 bridgehead atoms. The number of nitrogens with two attached hydrogens (primary N) is 1. The molecule has 1 atom stereocenters. The lowest BCUT2D eigenvalue weighted by molar-refractivity contribution is 0.0917. The van der Waals surface area contributed by atoms with Crippen molar-refractivity contribution in [1.29, 1.82) is 0 Å². The molecule has 1 aromatic carbocycles. The van der Waals surface area contributed by atoms with E-state index in [2.05, 4.69) is 19.2 Å². The van der Waals surface area contributed by atoms with E-state index < -0.39 is 10.0 Å². The molecule has 0 aliphatic heterocycles. The lowest BCUT2D eigenvalue weighted by atomic mass is 9.74. The highest BCUT2D eigenvalue weighted by atomic mass is 32.2.